The highest BCUT2D eigenvalue weighted by atomic mass is 16.3. The predicted octanol–water partition coefficient (Wildman–Crippen LogP) is 2.46. The van der Waals surface area contributed by atoms with Gasteiger partial charge < -0.3 is 15.9 Å². The van der Waals surface area contributed by atoms with E-state index >= 15 is 0 Å². The van der Waals surface area contributed by atoms with Crippen LogP contribution in [0.1, 0.15) is 44.7 Å². The monoisotopic (exact) mass is 223 g/mol. The van der Waals surface area contributed by atoms with Crippen molar-refractivity contribution in [2.45, 2.75) is 39.0 Å². The first-order chi connectivity index (χ1) is 7.27. The molecule has 1 aromatic rings. The molecule has 0 aliphatic rings. The number of benzene rings is 1. The molecule has 0 aliphatic heterocycles. The van der Waals surface area contributed by atoms with E-state index in [4.69, 9.17) is 5.73 Å². The van der Waals surface area contributed by atoms with E-state index in [0.29, 0.717) is 12.1 Å². The molecule has 0 spiro atoms. The number of hydrogen-bond acceptors (Lipinski definition) is 3. The summed E-state index contributed by atoms with van der Waals surface area (Å²) >= 11 is 0. The smallest absolute Gasteiger partial charge is 0.161 e. The largest absolute Gasteiger partial charge is 0.504 e. The Labute approximate surface area is 96.9 Å². The highest BCUT2D eigenvalue weighted by Gasteiger charge is 2.20. The summed E-state index contributed by atoms with van der Waals surface area (Å²) in [5.41, 5.74) is 7.24. The molecule has 0 amide bonds. The van der Waals surface area contributed by atoms with Gasteiger partial charge in [0, 0.05) is 5.56 Å². The lowest BCUT2D eigenvalue weighted by Crippen LogP contribution is -2.14. The minimum atomic E-state index is -0.0669. The molecule has 4 N–H and O–H groups in total. The quantitative estimate of drug-likeness (QED) is 0.675. The van der Waals surface area contributed by atoms with Crippen LogP contribution in [-0.2, 0) is 5.41 Å². The van der Waals surface area contributed by atoms with Crippen molar-refractivity contribution in [1.29, 1.82) is 0 Å². The first-order valence-corrected chi connectivity index (χ1v) is 5.53. The number of phenolic OH excluding ortho intramolecular Hbond substituents is 2. The van der Waals surface area contributed by atoms with Crippen molar-refractivity contribution < 1.29 is 10.2 Å². The van der Waals surface area contributed by atoms with E-state index < -0.39 is 0 Å². The van der Waals surface area contributed by atoms with Crippen LogP contribution in [0.3, 0.4) is 0 Å². The Morgan fingerprint density at radius 3 is 2.25 bits per heavy atom. The number of aromatic hydroxyl groups is 2. The summed E-state index contributed by atoms with van der Waals surface area (Å²) in [5.74, 6) is -0.0816. The third-order valence-corrected chi connectivity index (χ3v) is 2.87. The van der Waals surface area contributed by atoms with Gasteiger partial charge in [0.1, 0.15) is 0 Å². The molecule has 90 valence electrons. The van der Waals surface area contributed by atoms with Crippen LogP contribution in [0.2, 0.25) is 0 Å². The van der Waals surface area contributed by atoms with Crippen LogP contribution in [0.25, 0.3) is 0 Å². The summed E-state index contributed by atoms with van der Waals surface area (Å²) in [5, 5.41) is 19.5. The first kappa shape index (κ1) is 12.8. The Kier molecular flexibility index (Phi) is 3.48. The maximum absolute atomic E-state index is 9.78. The number of hydrogen-bond donors (Lipinski definition) is 3. The molecule has 0 fully saturated rings. The lowest BCUT2D eigenvalue weighted by Gasteiger charge is -2.22. The lowest BCUT2D eigenvalue weighted by molar-refractivity contribution is 0.394. The lowest BCUT2D eigenvalue weighted by atomic mass is 9.84. The van der Waals surface area contributed by atoms with Crippen LogP contribution in [0.15, 0.2) is 12.1 Å². The normalized spacial score (nSPS) is 13.8. The van der Waals surface area contributed by atoms with Crippen molar-refractivity contribution in [2.75, 3.05) is 6.54 Å². The molecule has 3 heteroatoms. The fourth-order valence-corrected chi connectivity index (χ4v) is 1.58. The van der Waals surface area contributed by atoms with E-state index in [1.165, 1.54) is 0 Å². The first-order valence-electron chi connectivity index (χ1n) is 5.53. The van der Waals surface area contributed by atoms with Crippen LogP contribution in [0, 0.1) is 0 Å². The maximum atomic E-state index is 9.78. The summed E-state index contributed by atoms with van der Waals surface area (Å²) in [6, 6.07) is 3.54. The van der Waals surface area contributed by atoms with E-state index in [1.54, 1.807) is 6.07 Å². The Morgan fingerprint density at radius 2 is 1.81 bits per heavy atom. The van der Waals surface area contributed by atoms with E-state index in [-0.39, 0.29) is 22.8 Å². The van der Waals surface area contributed by atoms with Crippen LogP contribution in [0.5, 0.6) is 11.5 Å². The Balaban J connectivity index is 3.33. The molecule has 1 aromatic carbocycles. The fraction of sp³-hybridized carbons (Fsp3) is 0.538. The molecular formula is C13H21NO2. The third-order valence-electron chi connectivity index (χ3n) is 2.87. The molecule has 0 aliphatic carbocycles. The van der Waals surface area contributed by atoms with Crippen LogP contribution in [0.4, 0.5) is 0 Å². The summed E-state index contributed by atoms with van der Waals surface area (Å²) in [6.45, 7) is 8.57. The van der Waals surface area contributed by atoms with Gasteiger partial charge in [0.15, 0.2) is 11.5 Å². The van der Waals surface area contributed by atoms with E-state index in [9.17, 15) is 10.2 Å². The molecule has 0 saturated carbocycles. The van der Waals surface area contributed by atoms with Gasteiger partial charge in [0.05, 0.1) is 0 Å². The Bertz CT molecular complexity index is 380. The van der Waals surface area contributed by atoms with Crippen molar-refractivity contribution >= 4 is 0 Å². The number of phenols is 2. The molecule has 16 heavy (non-hydrogen) atoms. The summed E-state index contributed by atoms with van der Waals surface area (Å²) in [7, 11) is 0. The zero-order chi connectivity index (χ0) is 12.5. The van der Waals surface area contributed by atoms with Gasteiger partial charge in [-0.3, -0.25) is 0 Å². The second-order valence-electron chi connectivity index (χ2n) is 5.32. The molecule has 0 heterocycles. The number of nitrogens with two attached hydrogens (primary N) is 1. The molecular weight excluding hydrogens is 202 g/mol. The topological polar surface area (TPSA) is 66.5 Å². The van der Waals surface area contributed by atoms with Gasteiger partial charge >= 0.3 is 0 Å². The molecule has 0 aromatic heterocycles. The Morgan fingerprint density at radius 1 is 1.25 bits per heavy atom. The maximum Gasteiger partial charge on any atom is 0.161 e. The van der Waals surface area contributed by atoms with Crippen LogP contribution < -0.4 is 5.73 Å². The predicted molar refractivity (Wildman–Crippen MR) is 65.9 cm³/mol. The molecule has 1 atom stereocenters. The van der Waals surface area contributed by atoms with Gasteiger partial charge in [-0.1, -0.05) is 33.8 Å². The van der Waals surface area contributed by atoms with Crippen molar-refractivity contribution in [2.24, 2.45) is 5.73 Å². The minimum Gasteiger partial charge on any atom is -0.504 e. The second kappa shape index (κ2) is 4.34. The van der Waals surface area contributed by atoms with Crippen molar-refractivity contribution in [3.05, 3.63) is 23.3 Å². The minimum absolute atomic E-state index is 0.0354. The van der Waals surface area contributed by atoms with Crippen LogP contribution >= 0.6 is 0 Å². The standard InChI is InChI=1S/C13H21NO2/c1-8(7-14)10-5-9(13(2,3)4)6-11(15)12(10)16/h5-6,8,15-16H,7,14H2,1-4H3. The third kappa shape index (κ3) is 2.47. The fourth-order valence-electron chi connectivity index (χ4n) is 1.58. The van der Waals surface area contributed by atoms with Crippen LogP contribution in [-0.4, -0.2) is 16.8 Å². The molecule has 0 saturated heterocycles. The summed E-state index contributed by atoms with van der Waals surface area (Å²) in [6.07, 6.45) is 0. The van der Waals surface area contributed by atoms with E-state index in [0.717, 1.165) is 5.56 Å². The average molecular weight is 223 g/mol. The zero-order valence-corrected chi connectivity index (χ0v) is 10.4. The molecule has 1 unspecified atom stereocenters. The SMILES string of the molecule is CC(CN)c1cc(C(C)(C)C)cc(O)c1O. The summed E-state index contributed by atoms with van der Waals surface area (Å²) in [4.78, 5) is 0. The van der Waals surface area contributed by atoms with E-state index in [2.05, 4.69) is 20.8 Å². The molecule has 0 bridgehead atoms. The molecule has 0 radical (unpaired) electrons. The van der Waals surface area contributed by atoms with E-state index in [1.807, 2.05) is 13.0 Å². The van der Waals surface area contributed by atoms with Gasteiger partial charge in [0.2, 0.25) is 0 Å². The number of rotatable bonds is 2. The Hall–Kier alpha value is -1.22. The van der Waals surface area contributed by atoms with Gasteiger partial charge in [0.25, 0.3) is 0 Å². The van der Waals surface area contributed by atoms with Gasteiger partial charge in [-0.2, -0.15) is 0 Å². The zero-order valence-electron chi connectivity index (χ0n) is 10.4. The van der Waals surface area contributed by atoms with Gasteiger partial charge in [-0.15, -0.1) is 0 Å². The highest BCUT2D eigenvalue weighted by molar-refractivity contribution is 5.50. The molecule has 1 rings (SSSR count). The van der Waals surface area contributed by atoms with Crippen molar-refractivity contribution in [1.82, 2.24) is 0 Å². The van der Waals surface area contributed by atoms with Gasteiger partial charge in [-0.25, -0.2) is 0 Å². The average Bonchev–Trinajstić information content (AvgIpc) is 2.19. The highest BCUT2D eigenvalue weighted by Crippen LogP contribution is 2.38. The van der Waals surface area contributed by atoms with Crippen molar-refractivity contribution in [3.63, 3.8) is 0 Å². The van der Waals surface area contributed by atoms with Crippen molar-refractivity contribution in [3.8, 4) is 11.5 Å². The molecule has 3 nitrogen and oxygen atoms in total. The van der Waals surface area contributed by atoms with Gasteiger partial charge in [-0.05, 0) is 29.5 Å². The summed E-state index contributed by atoms with van der Waals surface area (Å²) < 4.78 is 0. The second-order valence-corrected chi connectivity index (χ2v) is 5.32.